The minimum absolute atomic E-state index is 0.193. The maximum Gasteiger partial charge on any atom is 0.243 e. The van der Waals surface area contributed by atoms with Crippen LogP contribution in [0.3, 0.4) is 0 Å². The molecule has 1 unspecified atom stereocenters. The third kappa shape index (κ3) is 2.99. The van der Waals surface area contributed by atoms with Gasteiger partial charge in [0.05, 0.1) is 10.9 Å². The van der Waals surface area contributed by atoms with Crippen molar-refractivity contribution in [2.45, 2.75) is 23.9 Å². The van der Waals surface area contributed by atoms with Gasteiger partial charge < -0.3 is 0 Å². The molecule has 1 atom stereocenters. The lowest BCUT2D eigenvalue weighted by atomic mass is 9.92. The van der Waals surface area contributed by atoms with E-state index in [0.29, 0.717) is 17.9 Å². The first-order valence-electron chi connectivity index (χ1n) is 8.35. The lowest BCUT2D eigenvalue weighted by Gasteiger charge is -2.36. The Bertz CT molecular complexity index is 969. The number of fused-ring (bicyclic) bond motifs is 1. The zero-order valence-electron chi connectivity index (χ0n) is 13.7. The molecule has 0 fully saturated rings. The molecule has 0 aliphatic carbocycles. The van der Waals surface area contributed by atoms with E-state index in [2.05, 4.69) is 6.07 Å². The summed E-state index contributed by atoms with van der Waals surface area (Å²) in [6.07, 6.45) is 0.687. The first-order chi connectivity index (χ1) is 12.2. The molecule has 0 saturated heterocycles. The monoisotopic (exact) mass is 349 g/mol. The highest BCUT2D eigenvalue weighted by Crippen LogP contribution is 2.37. The van der Waals surface area contributed by atoms with E-state index in [4.69, 9.17) is 0 Å². The second-order valence-corrected chi connectivity index (χ2v) is 8.15. The number of nitrogens with zero attached hydrogens (tertiary/aromatic N) is 1. The molecule has 4 heteroatoms. The van der Waals surface area contributed by atoms with Gasteiger partial charge >= 0.3 is 0 Å². The van der Waals surface area contributed by atoms with Crippen LogP contribution in [0, 0.1) is 0 Å². The Morgan fingerprint density at radius 3 is 1.96 bits per heavy atom. The van der Waals surface area contributed by atoms with Crippen LogP contribution in [0.25, 0.3) is 0 Å². The average Bonchev–Trinajstić information content (AvgIpc) is 2.68. The van der Waals surface area contributed by atoms with Gasteiger partial charge in [-0.25, -0.2) is 8.42 Å². The van der Waals surface area contributed by atoms with Crippen LogP contribution in [0.1, 0.15) is 22.7 Å². The molecule has 1 heterocycles. The first-order valence-corrected chi connectivity index (χ1v) is 9.79. The maximum absolute atomic E-state index is 13.3. The van der Waals surface area contributed by atoms with E-state index in [0.717, 1.165) is 11.1 Å². The molecule has 3 aromatic rings. The van der Waals surface area contributed by atoms with Gasteiger partial charge in [-0.2, -0.15) is 4.31 Å². The summed E-state index contributed by atoms with van der Waals surface area (Å²) in [6.45, 7) is 0.396. The van der Waals surface area contributed by atoms with Gasteiger partial charge in [-0.3, -0.25) is 0 Å². The molecule has 0 spiro atoms. The van der Waals surface area contributed by atoms with E-state index in [1.165, 1.54) is 5.56 Å². The number of hydrogen-bond donors (Lipinski definition) is 0. The molecule has 1 aliphatic rings. The SMILES string of the molecule is O=S(=O)(c1ccccc1)N1Cc2ccccc2CC1c1ccccc1. The van der Waals surface area contributed by atoms with E-state index in [-0.39, 0.29) is 6.04 Å². The molecule has 0 bridgehead atoms. The fourth-order valence-corrected chi connectivity index (χ4v) is 5.05. The van der Waals surface area contributed by atoms with Crippen LogP contribution in [-0.4, -0.2) is 12.7 Å². The Labute approximate surface area is 148 Å². The van der Waals surface area contributed by atoms with Crippen molar-refractivity contribution in [2.75, 3.05) is 0 Å². The Hall–Kier alpha value is -2.43. The van der Waals surface area contributed by atoms with Crippen LogP contribution in [-0.2, 0) is 23.0 Å². The minimum atomic E-state index is -3.57. The van der Waals surface area contributed by atoms with Crippen LogP contribution in [0.4, 0.5) is 0 Å². The summed E-state index contributed by atoms with van der Waals surface area (Å²) in [6, 6.07) is 26.5. The Morgan fingerprint density at radius 1 is 0.720 bits per heavy atom. The topological polar surface area (TPSA) is 37.4 Å². The molecule has 3 aromatic carbocycles. The third-order valence-corrected chi connectivity index (χ3v) is 6.61. The molecule has 0 radical (unpaired) electrons. The van der Waals surface area contributed by atoms with Crippen molar-refractivity contribution in [1.29, 1.82) is 0 Å². The zero-order chi connectivity index (χ0) is 17.3. The van der Waals surface area contributed by atoms with E-state index >= 15 is 0 Å². The summed E-state index contributed by atoms with van der Waals surface area (Å²) >= 11 is 0. The van der Waals surface area contributed by atoms with Crippen molar-refractivity contribution in [1.82, 2.24) is 4.31 Å². The smallest absolute Gasteiger partial charge is 0.207 e. The number of rotatable bonds is 3. The van der Waals surface area contributed by atoms with Crippen molar-refractivity contribution in [3.63, 3.8) is 0 Å². The summed E-state index contributed by atoms with van der Waals surface area (Å²) in [7, 11) is -3.57. The summed E-state index contributed by atoms with van der Waals surface area (Å²) in [5, 5.41) is 0. The molecule has 0 amide bonds. The van der Waals surface area contributed by atoms with Crippen LogP contribution < -0.4 is 0 Å². The molecule has 126 valence electrons. The van der Waals surface area contributed by atoms with E-state index in [1.807, 2.05) is 54.6 Å². The van der Waals surface area contributed by atoms with Crippen LogP contribution in [0.5, 0.6) is 0 Å². The minimum Gasteiger partial charge on any atom is -0.207 e. The van der Waals surface area contributed by atoms with Gasteiger partial charge in [0.1, 0.15) is 0 Å². The second-order valence-electron chi connectivity index (χ2n) is 6.26. The van der Waals surface area contributed by atoms with Crippen molar-refractivity contribution in [3.05, 3.63) is 102 Å². The van der Waals surface area contributed by atoms with Gasteiger partial charge in [0, 0.05) is 6.54 Å². The highest BCUT2D eigenvalue weighted by atomic mass is 32.2. The highest BCUT2D eigenvalue weighted by Gasteiger charge is 2.36. The standard InChI is InChI=1S/C21H19NO2S/c23-25(24,20-13-5-2-6-14-20)22-16-19-12-8-7-11-18(19)15-21(22)17-9-3-1-4-10-17/h1-14,21H,15-16H2. The quantitative estimate of drug-likeness (QED) is 0.711. The molecule has 0 N–H and O–H groups in total. The Kier molecular flexibility index (Phi) is 4.15. The largest absolute Gasteiger partial charge is 0.243 e. The normalized spacial score (nSPS) is 17.8. The van der Waals surface area contributed by atoms with Crippen molar-refractivity contribution >= 4 is 10.0 Å². The van der Waals surface area contributed by atoms with Crippen LogP contribution in [0.15, 0.2) is 89.8 Å². The fourth-order valence-electron chi connectivity index (χ4n) is 3.44. The molecular formula is C21H19NO2S. The molecule has 0 saturated carbocycles. The predicted octanol–water partition coefficient (Wildman–Crippen LogP) is 4.17. The zero-order valence-corrected chi connectivity index (χ0v) is 14.6. The lowest BCUT2D eigenvalue weighted by Crippen LogP contribution is -2.38. The summed E-state index contributed by atoms with van der Waals surface area (Å²) in [5.74, 6) is 0. The van der Waals surface area contributed by atoms with E-state index in [1.54, 1.807) is 28.6 Å². The van der Waals surface area contributed by atoms with E-state index in [9.17, 15) is 8.42 Å². The second kappa shape index (κ2) is 6.47. The molecule has 0 aromatic heterocycles. The summed E-state index contributed by atoms with van der Waals surface area (Å²) < 4.78 is 28.3. The molecule has 25 heavy (non-hydrogen) atoms. The van der Waals surface area contributed by atoms with Gasteiger partial charge in [-0.05, 0) is 35.2 Å². The van der Waals surface area contributed by atoms with Gasteiger partial charge in [-0.15, -0.1) is 0 Å². The molecular weight excluding hydrogens is 330 g/mol. The molecule has 4 rings (SSSR count). The molecule has 3 nitrogen and oxygen atoms in total. The van der Waals surface area contributed by atoms with Gasteiger partial charge in [0.2, 0.25) is 10.0 Å². The third-order valence-electron chi connectivity index (χ3n) is 4.74. The van der Waals surface area contributed by atoms with Crippen LogP contribution >= 0.6 is 0 Å². The lowest BCUT2D eigenvalue weighted by molar-refractivity contribution is 0.296. The van der Waals surface area contributed by atoms with Crippen molar-refractivity contribution < 1.29 is 8.42 Å². The summed E-state index contributed by atoms with van der Waals surface area (Å²) in [5.41, 5.74) is 3.32. The fraction of sp³-hybridized carbons (Fsp3) is 0.143. The number of hydrogen-bond acceptors (Lipinski definition) is 2. The van der Waals surface area contributed by atoms with Gasteiger partial charge in [0.15, 0.2) is 0 Å². The first kappa shape index (κ1) is 16.1. The highest BCUT2D eigenvalue weighted by molar-refractivity contribution is 7.89. The van der Waals surface area contributed by atoms with Gasteiger partial charge in [-0.1, -0.05) is 72.8 Å². The number of sulfonamides is 1. The number of benzene rings is 3. The predicted molar refractivity (Wildman–Crippen MR) is 98.5 cm³/mol. The van der Waals surface area contributed by atoms with Gasteiger partial charge in [0.25, 0.3) is 0 Å². The van der Waals surface area contributed by atoms with E-state index < -0.39 is 10.0 Å². The molecule has 1 aliphatic heterocycles. The summed E-state index contributed by atoms with van der Waals surface area (Å²) in [4.78, 5) is 0.343. The maximum atomic E-state index is 13.3. The Balaban J connectivity index is 1.83. The van der Waals surface area contributed by atoms with Crippen LogP contribution in [0.2, 0.25) is 0 Å². The Morgan fingerprint density at radius 2 is 1.28 bits per heavy atom. The van der Waals surface area contributed by atoms with Crippen molar-refractivity contribution in [2.24, 2.45) is 0 Å². The van der Waals surface area contributed by atoms with Crippen molar-refractivity contribution in [3.8, 4) is 0 Å². The average molecular weight is 349 g/mol.